The molecule has 288 valence electrons. The van der Waals surface area contributed by atoms with E-state index in [0.29, 0.717) is 46.1 Å². The average molecular weight is 733 g/mol. The second-order valence-corrected chi connectivity index (χ2v) is 9.82. The fourth-order valence-electron chi connectivity index (χ4n) is 3.20. The van der Waals surface area contributed by atoms with Crippen molar-refractivity contribution in [2.75, 3.05) is 22.9 Å². The van der Waals surface area contributed by atoms with Crippen molar-refractivity contribution in [2.24, 2.45) is 0 Å². The molecule has 0 fully saturated rings. The van der Waals surface area contributed by atoms with E-state index in [4.69, 9.17) is 41.0 Å². The van der Waals surface area contributed by atoms with Crippen LogP contribution in [0.3, 0.4) is 0 Å². The lowest BCUT2D eigenvalue weighted by Gasteiger charge is -1.81. The predicted octanol–water partition coefficient (Wildman–Crippen LogP) is 9.52. The highest BCUT2D eigenvalue weighted by Crippen LogP contribution is 2.18. The smallest absolute Gasteiger partial charge is 0.259 e. The van der Waals surface area contributed by atoms with Crippen molar-refractivity contribution in [1.29, 1.82) is 0 Å². The summed E-state index contributed by atoms with van der Waals surface area (Å²) >= 11 is 0. The van der Waals surface area contributed by atoms with Gasteiger partial charge in [-0.15, -0.1) is 0 Å². The molecule has 0 aliphatic carbocycles. The minimum absolute atomic E-state index is 0.392. The second kappa shape index (κ2) is 28.4. The van der Waals surface area contributed by atoms with Crippen LogP contribution in [0.1, 0.15) is 88.5 Å². The third-order valence-corrected chi connectivity index (χ3v) is 5.11. The van der Waals surface area contributed by atoms with Crippen LogP contribution >= 0.6 is 0 Å². The van der Waals surface area contributed by atoms with Crippen molar-refractivity contribution in [2.45, 2.75) is 88.5 Å². The van der Waals surface area contributed by atoms with E-state index in [2.05, 4.69) is 82.1 Å². The largest absolute Gasteiger partial charge is 0.380 e. The number of nitrogens with zero attached hydrogens (tertiary/aromatic N) is 8. The summed E-state index contributed by atoms with van der Waals surface area (Å²) in [5.74, 6) is 1.57. The molecule has 0 atom stereocenters. The van der Waals surface area contributed by atoms with Gasteiger partial charge in [-0.1, -0.05) is 109 Å². The predicted molar refractivity (Wildman–Crippen MR) is 215 cm³/mol. The summed E-state index contributed by atoms with van der Waals surface area (Å²) in [6.45, 7) is 20.8. The average Bonchev–Trinajstić information content (AvgIpc) is 3.98. The van der Waals surface area contributed by atoms with Crippen LogP contribution in [0.5, 0.6) is 0 Å². The summed E-state index contributed by atoms with van der Waals surface area (Å²) in [4.78, 5) is 15.6. The van der Waals surface area contributed by atoms with Crippen LogP contribution in [0.2, 0.25) is 0 Å². The Balaban J connectivity index is 0.000000615. The molecule has 0 unspecified atom stereocenters. The summed E-state index contributed by atoms with van der Waals surface area (Å²) in [6.07, 6.45) is 10.3. The van der Waals surface area contributed by atoms with Gasteiger partial charge in [-0.25, -0.2) is 19.9 Å². The molecular formula is C37H56N12O4. The Morgan fingerprint density at radius 2 is 0.547 bits per heavy atom. The molecule has 8 aromatic heterocycles. The summed E-state index contributed by atoms with van der Waals surface area (Å²) < 4.78 is 19.1. The lowest BCUT2D eigenvalue weighted by molar-refractivity contribution is 0.452. The van der Waals surface area contributed by atoms with Gasteiger partial charge in [0.15, 0.2) is 23.3 Å². The lowest BCUT2D eigenvalue weighted by atomic mass is 10.3. The number of hydrogen-bond donors (Lipinski definition) is 4. The van der Waals surface area contributed by atoms with Crippen molar-refractivity contribution >= 4 is 67.7 Å². The number of anilines is 4. The SMILES string of the molecule is CC.CC.CCC.CCC.CCC.Nc1noc2ncccc12.Nc1noc2ncccc12.Nc1noc2ncccc12.Nc1noc2ncccc12. The summed E-state index contributed by atoms with van der Waals surface area (Å²) in [5, 5.41) is 17.2. The molecule has 0 aromatic carbocycles. The first-order valence-electron chi connectivity index (χ1n) is 17.6. The van der Waals surface area contributed by atoms with Crippen LogP contribution in [0, 0.1) is 0 Å². The van der Waals surface area contributed by atoms with E-state index in [9.17, 15) is 0 Å². The number of hydrogen-bond acceptors (Lipinski definition) is 16. The van der Waals surface area contributed by atoms with Crippen molar-refractivity contribution in [1.82, 2.24) is 40.6 Å². The van der Waals surface area contributed by atoms with Gasteiger partial charge in [-0.2, -0.15) is 0 Å². The van der Waals surface area contributed by atoms with Gasteiger partial charge in [0.2, 0.25) is 0 Å². The van der Waals surface area contributed by atoms with Crippen molar-refractivity contribution in [3.63, 3.8) is 0 Å². The van der Waals surface area contributed by atoms with E-state index in [-0.39, 0.29) is 0 Å². The molecular weight excluding hydrogens is 676 g/mol. The second-order valence-electron chi connectivity index (χ2n) is 9.82. The molecule has 16 nitrogen and oxygen atoms in total. The molecule has 0 amide bonds. The van der Waals surface area contributed by atoms with E-state index in [1.165, 1.54) is 19.3 Å². The van der Waals surface area contributed by atoms with E-state index in [1.54, 1.807) is 49.1 Å². The maximum atomic E-state index is 5.43. The molecule has 8 aromatic rings. The zero-order chi connectivity index (χ0) is 40.0. The topological polar surface area (TPSA) is 260 Å². The molecule has 8 heterocycles. The maximum absolute atomic E-state index is 5.43. The van der Waals surface area contributed by atoms with Crippen LogP contribution in [0.15, 0.2) is 91.4 Å². The first kappa shape index (κ1) is 46.7. The van der Waals surface area contributed by atoms with Gasteiger partial charge in [0.1, 0.15) is 0 Å². The van der Waals surface area contributed by atoms with E-state index >= 15 is 0 Å². The Morgan fingerprint density at radius 3 is 0.698 bits per heavy atom. The third kappa shape index (κ3) is 16.1. The highest BCUT2D eigenvalue weighted by atomic mass is 16.5. The van der Waals surface area contributed by atoms with E-state index in [1.807, 2.05) is 52.0 Å². The molecule has 0 radical (unpaired) electrons. The number of rotatable bonds is 0. The number of pyridine rings is 4. The molecule has 53 heavy (non-hydrogen) atoms. The Labute approximate surface area is 310 Å². The quantitative estimate of drug-likeness (QED) is 0.113. The summed E-state index contributed by atoms with van der Waals surface area (Å²) in [5.41, 5.74) is 23.7. The van der Waals surface area contributed by atoms with Crippen molar-refractivity contribution < 1.29 is 18.1 Å². The summed E-state index contributed by atoms with van der Waals surface area (Å²) in [6, 6.07) is 14.4. The monoisotopic (exact) mass is 732 g/mol. The first-order chi connectivity index (χ1) is 25.8. The zero-order valence-electron chi connectivity index (χ0n) is 32.6. The molecule has 16 heteroatoms. The normalized spacial score (nSPS) is 9.09. The highest BCUT2D eigenvalue weighted by molar-refractivity contribution is 5.85. The van der Waals surface area contributed by atoms with Gasteiger partial charge in [0.25, 0.3) is 22.9 Å². The number of nitrogens with two attached hydrogens (primary N) is 4. The maximum Gasteiger partial charge on any atom is 0.259 e. The molecule has 0 saturated carbocycles. The third-order valence-electron chi connectivity index (χ3n) is 5.11. The van der Waals surface area contributed by atoms with Crippen LogP contribution in [0.25, 0.3) is 44.4 Å². The number of fused-ring (bicyclic) bond motifs is 4. The van der Waals surface area contributed by atoms with Crippen LogP contribution in [-0.4, -0.2) is 40.6 Å². The van der Waals surface area contributed by atoms with Gasteiger partial charge in [-0.05, 0) is 48.5 Å². The van der Waals surface area contributed by atoms with Crippen LogP contribution in [0.4, 0.5) is 23.3 Å². The minimum atomic E-state index is 0.392. The molecule has 8 rings (SSSR count). The van der Waals surface area contributed by atoms with E-state index in [0.717, 1.165) is 21.5 Å². The van der Waals surface area contributed by atoms with Crippen LogP contribution < -0.4 is 22.9 Å². The van der Waals surface area contributed by atoms with Gasteiger partial charge in [-0.3, -0.25) is 0 Å². The number of aromatic nitrogens is 8. The lowest BCUT2D eigenvalue weighted by Crippen LogP contribution is -1.82. The Kier molecular flexibility index (Phi) is 25.0. The van der Waals surface area contributed by atoms with Crippen molar-refractivity contribution in [3.8, 4) is 0 Å². The Bertz CT molecular complexity index is 1760. The first-order valence-corrected chi connectivity index (χ1v) is 17.6. The molecule has 0 aliphatic rings. The zero-order valence-corrected chi connectivity index (χ0v) is 32.6. The van der Waals surface area contributed by atoms with E-state index < -0.39 is 0 Å². The van der Waals surface area contributed by atoms with Gasteiger partial charge in [0.05, 0.1) is 21.5 Å². The molecule has 0 aliphatic heterocycles. The molecule has 8 N–H and O–H groups in total. The fourth-order valence-corrected chi connectivity index (χ4v) is 3.20. The highest BCUT2D eigenvalue weighted by Gasteiger charge is 2.04. The standard InChI is InChI=1S/4C6H5N3O.3C3H8.2C2H6/c4*7-5-4-2-1-3-8-6(4)10-9-5;3*1-3-2;2*1-2/h4*1-3H,(H2,7,9);3*3H2,1-2H3;2*1-2H3. The van der Waals surface area contributed by atoms with Gasteiger partial charge < -0.3 is 41.0 Å². The Hall–Kier alpha value is -6.32. The van der Waals surface area contributed by atoms with Crippen molar-refractivity contribution in [3.05, 3.63) is 73.3 Å². The Morgan fingerprint density at radius 1 is 0.377 bits per heavy atom. The molecule has 0 saturated heterocycles. The molecule has 0 spiro atoms. The van der Waals surface area contributed by atoms with Gasteiger partial charge >= 0.3 is 0 Å². The van der Waals surface area contributed by atoms with Crippen LogP contribution in [-0.2, 0) is 0 Å². The minimum Gasteiger partial charge on any atom is -0.380 e. The molecule has 0 bridgehead atoms. The fraction of sp³-hybridized carbons (Fsp3) is 0.351. The summed E-state index contributed by atoms with van der Waals surface area (Å²) in [7, 11) is 0. The van der Waals surface area contributed by atoms with Gasteiger partial charge in [0, 0.05) is 24.8 Å². The number of nitrogen functional groups attached to an aromatic ring is 4.